The smallest absolute Gasteiger partial charge is 0.373 e. The molecular formula is C25H20Br2N2O7. The van der Waals surface area contributed by atoms with E-state index in [1.165, 1.54) is 32.4 Å². The van der Waals surface area contributed by atoms with Crippen molar-refractivity contribution in [3.05, 3.63) is 85.8 Å². The number of amides is 3. The lowest BCUT2D eigenvalue weighted by molar-refractivity contribution is -0.123. The van der Waals surface area contributed by atoms with E-state index in [0.29, 0.717) is 21.5 Å². The minimum Gasteiger partial charge on any atom is -0.493 e. The van der Waals surface area contributed by atoms with Crippen LogP contribution in [0.15, 0.2) is 67.6 Å². The van der Waals surface area contributed by atoms with Crippen LogP contribution in [-0.2, 0) is 22.7 Å². The molecule has 0 saturated carbocycles. The second kappa shape index (κ2) is 11.0. The molecular weight excluding hydrogens is 600 g/mol. The van der Waals surface area contributed by atoms with Crippen LogP contribution in [0.1, 0.15) is 27.4 Å². The molecule has 4 rings (SSSR count). The largest absolute Gasteiger partial charge is 0.493 e. The number of hydrogen-bond acceptors (Lipinski definition) is 7. The zero-order valence-corrected chi connectivity index (χ0v) is 22.3. The lowest BCUT2D eigenvalue weighted by Crippen LogP contribution is -2.30. The van der Waals surface area contributed by atoms with E-state index in [0.717, 1.165) is 14.9 Å². The first-order valence-electron chi connectivity index (χ1n) is 10.6. The number of carbonyl (C=O) groups excluding carboxylic acids is 3. The average molecular weight is 620 g/mol. The first-order chi connectivity index (χ1) is 17.3. The predicted octanol–water partition coefficient (Wildman–Crippen LogP) is 5.27. The molecule has 0 bridgehead atoms. The van der Waals surface area contributed by atoms with Gasteiger partial charge in [0.25, 0.3) is 5.91 Å². The molecule has 11 heteroatoms. The summed E-state index contributed by atoms with van der Waals surface area (Å²) >= 11 is 6.85. The molecule has 0 radical (unpaired) electrons. The zero-order chi connectivity index (χ0) is 25.8. The quantitative estimate of drug-likeness (QED) is 0.208. The summed E-state index contributed by atoms with van der Waals surface area (Å²) in [7, 11) is 2.74. The highest BCUT2D eigenvalue weighted by Crippen LogP contribution is 2.37. The van der Waals surface area contributed by atoms with Crippen molar-refractivity contribution in [1.29, 1.82) is 0 Å². The molecule has 0 aliphatic carbocycles. The van der Waals surface area contributed by atoms with Crippen LogP contribution in [-0.4, -0.2) is 37.0 Å². The van der Waals surface area contributed by atoms with Gasteiger partial charge in [0.1, 0.15) is 18.1 Å². The Morgan fingerprint density at radius 2 is 1.81 bits per heavy atom. The number of carbonyl (C=O) groups is 3. The van der Waals surface area contributed by atoms with E-state index in [-0.39, 0.29) is 30.4 Å². The van der Waals surface area contributed by atoms with Crippen molar-refractivity contribution < 1.29 is 33.0 Å². The molecule has 2 aromatic carbocycles. The van der Waals surface area contributed by atoms with Gasteiger partial charge in [0, 0.05) is 14.5 Å². The Kier molecular flexibility index (Phi) is 7.80. The Balaban J connectivity index is 1.59. The third-order valence-corrected chi connectivity index (χ3v) is 6.18. The van der Waals surface area contributed by atoms with E-state index >= 15 is 0 Å². The molecule has 186 valence electrons. The standard InChI is InChI=1S/C25H20Br2N2O7/c1-33-21-11-17(27)9-15(22(21)35-13-14-3-5-16(26)6-4-14)10-19-23(30)29(25(32)28-19)12-18-7-8-20(36-18)24(31)34-2/h3-11H,12-13H2,1-2H3,(H,28,32)/b19-10+. The van der Waals surface area contributed by atoms with Crippen LogP contribution < -0.4 is 14.8 Å². The third kappa shape index (κ3) is 5.63. The molecule has 1 fully saturated rings. The first-order valence-corrected chi connectivity index (χ1v) is 12.1. The van der Waals surface area contributed by atoms with Crippen LogP contribution in [0.3, 0.4) is 0 Å². The summed E-state index contributed by atoms with van der Waals surface area (Å²) in [5.74, 6) is -0.128. The maximum absolute atomic E-state index is 13.0. The van der Waals surface area contributed by atoms with Crippen LogP contribution in [0, 0.1) is 0 Å². The van der Waals surface area contributed by atoms with Gasteiger partial charge in [-0.25, -0.2) is 9.59 Å². The van der Waals surface area contributed by atoms with E-state index in [1.807, 2.05) is 24.3 Å². The topological polar surface area (TPSA) is 107 Å². The van der Waals surface area contributed by atoms with Crippen LogP contribution >= 0.6 is 31.9 Å². The van der Waals surface area contributed by atoms with Crippen molar-refractivity contribution in [3.63, 3.8) is 0 Å². The van der Waals surface area contributed by atoms with E-state index in [1.54, 1.807) is 12.1 Å². The molecule has 0 atom stereocenters. The van der Waals surface area contributed by atoms with Crippen LogP contribution in [0.4, 0.5) is 4.79 Å². The van der Waals surface area contributed by atoms with Gasteiger partial charge in [0.05, 0.1) is 20.8 Å². The van der Waals surface area contributed by atoms with Gasteiger partial charge in [0.2, 0.25) is 5.76 Å². The second-order valence-corrected chi connectivity index (χ2v) is 9.41. The fourth-order valence-corrected chi connectivity index (χ4v) is 4.16. The number of benzene rings is 2. The summed E-state index contributed by atoms with van der Waals surface area (Å²) in [6.07, 6.45) is 1.52. The third-order valence-electron chi connectivity index (χ3n) is 5.19. The highest BCUT2D eigenvalue weighted by Gasteiger charge is 2.34. The fraction of sp³-hybridized carbons (Fsp3) is 0.160. The lowest BCUT2D eigenvalue weighted by Gasteiger charge is -2.15. The van der Waals surface area contributed by atoms with E-state index in [2.05, 4.69) is 41.9 Å². The van der Waals surface area contributed by atoms with Crippen LogP contribution in [0.2, 0.25) is 0 Å². The number of halogens is 2. The monoisotopic (exact) mass is 618 g/mol. The Morgan fingerprint density at radius 1 is 1.06 bits per heavy atom. The number of imide groups is 1. The summed E-state index contributed by atoms with van der Waals surface area (Å²) in [5.41, 5.74) is 1.51. The molecule has 2 heterocycles. The molecule has 1 aromatic heterocycles. The van der Waals surface area contributed by atoms with Gasteiger partial charge < -0.3 is 23.9 Å². The van der Waals surface area contributed by atoms with Gasteiger partial charge in [0.15, 0.2) is 11.5 Å². The number of furan rings is 1. The Bertz CT molecular complexity index is 1350. The minimum atomic E-state index is -0.654. The van der Waals surface area contributed by atoms with Gasteiger partial charge in [-0.1, -0.05) is 44.0 Å². The summed E-state index contributed by atoms with van der Waals surface area (Å²) in [6.45, 7) is 0.0998. The van der Waals surface area contributed by atoms with Crippen molar-refractivity contribution in [1.82, 2.24) is 10.2 Å². The summed E-state index contributed by atoms with van der Waals surface area (Å²) in [5, 5.41) is 2.58. The number of esters is 1. The molecule has 36 heavy (non-hydrogen) atoms. The molecule has 3 amide bonds. The van der Waals surface area contributed by atoms with Crippen molar-refractivity contribution in [2.75, 3.05) is 14.2 Å². The summed E-state index contributed by atoms with van der Waals surface area (Å²) in [4.78, 5) is 38.2. The maximum atomic E-state index is 13.0. The van der Waals surface area contributed by atoms with Crippen LogP contribution in [0.25, 0.3) is 6.08 Å². The molecule has 1 aliphatic heterocycles. The van der Waals surface area contributed by atoms with Gasteiger partial charge >= 0.3 is 12.0 Å². The second-order valence-electron chi connectivity index (χ2n) is 7.58. The molecule has 1 aliphatic rings. The van der Waals surface area contributed by atoms with Crippen molar-refractivity contribution in [2.45, 2.75) is 13.2 Å². The van der Waals surface area contributed by atoms with Crippen molar-refractivity contribution >= 4 is 55.8 Å². The molecule has 3 aromatic rings. The number of hydrogen-bond donors (Lipinski definition) is 1. The summed E-state index contributed by atoms with van der Waals surface area (Å²) < 4.78 is 23.2. The normalized spacial score (nSPS) is 14.2. The average Bonchev–Trinajstić information content (AvgIpc) is 3.44. The molecule has 1 N–H and O–H groups in total. The zero-order valence-electron chi connectivity index (χ0n) is 19.2. The van der Waals surface area contributed by atoms with Gasteiger partial charge in [-0.2, -0.15) is 0 Å². The van der Waals surface area contributed by atoms with Crippen molar-refractivity contribution in [2.24, 2.45) is 0 Å². The molecule has 9 nitrogen and oxygen atoms in total. The number of ether oxygens (including phenoxy) is 3. The molecule has 1 saturated heterocycles. The highest BCUT2D eigenvalue weighted by atomic mass is 79.9. The minimum absolute atomic E-state index is 0.0240. The maximum Gasteiger partial charge on any atom is 0.373 e. The number of nitrogens with one attached hydrogen (secondary N) is 1. The Morgan fingerprint density at radius 3 is 2.50 bits per heavy atom. The number of nitrogens with zero attached hydrogens (tertiary/aromatic N) is 1. The van der Waals surface area contributed by atoms with Gasteiger partial charge in [-0.3, -0.25) is 9.69 Å². The Hall–Kier alpha value is -3.57. The number of rotatable bonds is 8. The molecule has 0 unspecified atom stereocenters. The Labute approximate surface area is 223 Å². The van der Waals surface area contributed by atoms with Gasteiger partial charge in [-0.05, 0) is 48.0 Å². The SMILES string of the molecule is COC(=O)c1ccc(CN2C(=O)N/C(=C/c3cc(Br)cc(OC)c3OCc3ccc(Br)cc3)C2=O)o1. The van der Waals surface area contributed by atoms with Crippen molar-refractivity contribution in [3.8, 4) is 11.5 Å². The fourth-order valence-electron chi connectivity index (χ4n) is 3.44. The van der Waals surface area contributed by atoms with E-state index < -0.39 is 17.9 Å². The number of urea groups is 1. The van der Waals surface area contributed by atoms with Gasteiger partial charge in [-0.15, -0.1) is 0 Å². The van der Waals surface area contributed by atoms with E-state index in [4.69, 9.17) is 13.9 Å². The highest BCUT2D eigenvalue weighted by molar-refractivity contribution is 9.10. The first kappa shape index (κ1) is 25.5. The number of methoxy groups -OCH3 is 2. The predicted molar refractivity (Wildman–Crippen MR) is 136 cm³/mol. The summed E-state index contributed by atoms with van der Waals surface area (Å²) in [6, 6.07) is 13.5. The van der Waals surface area contributed by atoms with Crippen LogP contribution in [0.5, 0.6) is 11.5 Å². The van der Waals surface area contributed by atoms with E-state index in [9.17, 15) is 14.4 Å². The lowest BCUT2D eigenvalue weighted by atomic mass is 10.1. The molecule has 0 spiro atoms.